The fraction of sp³-hybridized carbons (Fsp3) is 0.286. The molecule has 1 aliphatic heterocycles. The van der Waals surface area contributed by atoms with Crippen molar-refractivity contribution >= 4 is 34.2 Å². The second kappa shape index (κ2) is 7.98. The molecule has 0 aliphatic carbocycles. The van der Waals surface area contributed by atoms with Crippen molar-refractivity contribution in [3.8, 4) is 0 Å². The molecule has 0 spiro atoms. The van der Waals surface area contributed by atoms with Crippen LogP contribution in [0, 0.1) is 10.1 Å². The molecule has 154 valence electrons. The summed E-state index contributed by atoms with van der Waals surface area (Å²) < 4.78 is 0. The number of hydrogen-bond acceptors (Lipinski definition) is 7. The molecular weight excluding hydrogens is 384 g/mol. The van der Waals surface area contributed by atoms with Crippen LogP contribution in [-0.2, 0) is 4.79 Å². The predicted octanol–water partition coefficient (Wildman–Crippen LogP) is 2.84. The Balaban J connectivity index is 1.72. The quantitative estimate of drug-likeness (QED) is 0.381. The minimum Gasteiger partial charge on any atom is -0.341 e. The maximum atomic E-state index is 12.1. The van der Waals surface area contributed by atoms with Crippen LogP contribution in [0.1, 0.15) is 13.8 Å². The molecule has 4 rings (SSSR count). The standard InChI is InChI=1S/C21H22N6O3/c1-14(2)23-21-18(13-28)25(9-10-26(21)19-5-3-4-8-22-19)20-12-15-11-16(27(29)30)6-7-17(15)24-20/h3-8,11-12,14,21,23-24H,9-10H2,1-2H3. The van der Waals surface area contributed by atoms with Crippen molar-refractivity contribution in [2.45, 2.75) is 26.1 Å². The largest absolute Gasteiger partial charge is 0.341 e. The van der Waals surface area contributed by atoms with Crippen LogP contribution in [-0.4, -0.2) is 46.1 Å². The fourth-order valence-electron chi connectivity index (χ4n) is 3.73. The van der Waals surface area contributed by atoms with Gasteiger partial charge in [-0.15, -0.1) is 0 Å². The summed E-state index contributed by atoms with van der Waals surface area (Å²) in [5.74, 6) is 3.58. The Morgan fingerprint density at radius 2 is 2.10 bits per heavy atom. The lowest BCUT2D eigenvalue weighted by Crippen LogP contribution is -2.59. The summed E-state index contributed by atoms with van der Waals surface area (Å²) in [6.45, 7) is 5.19. The Kier molecular flexibility index (Phi) is 5.22. The van der Waals surface area contributed by atoms with Gasteiger partial charge in [-0.05, 0) is 38.1 Å². The molecule has 1 saturated heterocycles. The normalized spacial score (nSPS) is 16.9. The molecule has 0 amide bonds. The van der Waals surface area contributed by atoms with Crippen LogP contribution in [0.2, 0.25) is 0 Å². The second-order valence-electron chi connectivity index (χ2n) is 7.43. The number of hydrogen-bond donors (Lipinski definition) is 2. The van der Waals surface area contributed by atoms with Gasteiger partial charge in [-0.3, -0.25) is 15.4 Å². The Hall–Kier alpha value is -3.68. The molecule has 0 radical (unpaired) electrons. The van der Waals surface area contributed by atoms with E-state index in [0.29, 0.717) is 30.0 Å². The molecule has 1 unspecified atom stereocenters. The molecule has 1 fully saturated rings. The summed E-state index contributed by atoms with van der Waals surface area (Å²) >= 11 is 0. The number of non-ortho nitro benzene ring substituents is 1. The fourth-order valence-corrected chi connectivity index (χ4v) is 3.73. The number of benzene rings is 1. The molecule has 0 saturated carbocycles. The molecule has 30 heavy (non-hydrogen) atoms. The number of H-pyrrole nitrogens is 1. The van der Waals surface area contributed by atoms with Crippen LogP contribution in [0.5, 0.6) is 0 Å². The number of piperazine rings is 1. The number of rotatable bonds is 5. The first-order valence-electron chi connectivity index (χ1n) is 9.71. The lowest BCUT2D eigenvalue weighted by Gasteiger charge is -2.43. The molecule has 1 atom stereocenters. The van der Waals surface area contributed by atoms with Crippen LogP contribution in [0.3, 0.4) is 0 Å². The minimum absolute atomic E-state index is 0.0264. The first-order valence-corrected chi connectivity index (χ1v) is 9.71. The zero-order valence-electron chi connectivity index (χ0n) is 16.7. The predicted molar refractivity (Wildman–Crippen MR) is 115 cm³/mol. The summed E-state index contributed by atoms with van der Waals surface area (Å²) in [6.07, 6.45) is 1.31. The number of aromatic nitrogens is 2. The highest BCUT2D eigenvalue weighted by Crippen LogP contribution is 2.31. The molecule has 1 aliphatic rings. The molecular formula is C21H22N6O3. The van der Waals surface area contributed by atoms with E-state index >= 15 is 0 Å². The third-order valence-electron chi connectivity index (χ3n) is 5.06. The number of nitrogens with zero attached hydrogens (tertiary/aromatic N) is 4. The van der Waals surface area contributed by atoms with Gasteiger partial charge >= 0.3 is 0 Å². The van der Waals surface area contributed by atoms with E-state index in [-0.39, 0.29) is 11.7 Å². The van der Waals surface area contributed by atoms with E-state index in [0.717, 1.165) is 11.3 Å². The van der Waals surface area contributed by atoms with Crippen LogP contribution in [0.15, 0.2) is 54.4 Å². The van der Waals surface area contributed by atoms with Gasteiger partial charge in [-0.25, -0.2) is 9.78 Å². The lowest BCUT2D eigenvalue weighted by atomic mass is 10.1. The van der Waals surface area contributed by atoms with Crippen molar-refractivity contribution in [3.63, 3.8) is 0 Å². The second-order valence-corrected chi connectivity index (χ2v) is 7.43. The van der Waals surface area contributed by atoms with Gasteiger partial charge in [-0.1, -0.05) is 6.07 Å². The maximum absolute atomic E-state index is 12.1. The molecule has 1 aromatic carbocycles. The SMILES string of the molecule is CC(C)NC1C(=C=O)N(c2cc3cc([N+](=O)[O-])ccc3[nH]2)CCN1c1ccccn1. The Bertz CT molecular complexity index is 1120. The molecule has 9 nitrogen and oxygen atoms in total. The molecule has 9 heteroatoms. The van der Waals surface area contributed by atoms with Gasteiger partial charge in [0, 0.05) is 48.4 Å². The maximum Gasteiger partial charge on any atom is 0.270 e. The first kappa shape index (κ1) is 19.6. The molecule has 3 aromatic rings. The van der Waals surface area contributed by atoms with E-state index in [9.17, 15) is 14.9 Å². The number of anilines is 2. The van der Waals surface area contributed by atoms with E-state index in [1.807, 2.05) is 47.9 Å². The lowest BCUT2D eigenvalue weighted by molar-refractivity contribution is -0.384. The summed E-state index contributed by atoms with van der Waals surface area (Å²) in [5.41, 5.74) is 1.22. The van der Waals surface area contributed by atoms with E-state index in [1.54, 1.807) is 12.3 Å². The van der Waals surface area contributed by atoms with Crippen molar-refractivity contribution in [1.29, 1.82) is 0 Å². The average molecular weight is 406 g/mol. The third-order valence-corrected chi connectivity index (χ3v) is 5.06. The Morgan fingerprint density at radius 3 is 2.77 bits per heavy atom. The van der Waals surface area contributed by atoms with E-state index in [4.69, 9.17) is 0 Å². The highest BCUT2D eigenvalue weighted by atomic mass is 16.6. The number of nitrogens with one attached hydrogen (secondary N) is 2. The Morgan fingerprint density at radius 1 is 1.27 bits per heavy atom. The molecule has 2 N–H and O–H groups in total. The van der Waals surface area contributed by atoms with Gasteiger partial charge in [0.15, 0.2) is 0 Å². The van der Waals surface area contributed by atoms with Gasteiger partial charge in [0.2, 0.25) is 0 Å². The van der Waals surface area contributed by atoms with E-state index in [2.05, 4.69) is 21.2 Å². The van der Waals surface area contributed by atoms with Crippen molar-refractivity contribution in [1.82, 2.24) is 15.3 Å². The van der Waals surface area contributed by atoms with Gasteiger partial charge in [0.05, 0.1) is 4.92 Å². The van der Waals surface area contributed by atoms with Gasteiger partial charge < -0.3 is 14.8 Å². The number of carbonyl (C=O) groups excluding carboxylic acids is 1. The number of aromatic amines is 1. The zero-order valence-corrected chi connectivity index (χ0v) is 16.7. The number of nitro groups is 1. The van der Waals surface area contributed by atoms with E-state index in [1.165, 1.54) is 12.1 Å². The molecule has 2 aromatic heterocycles. The van der Waals surface area contributed by atoms with Crippen molar-refractivity contribution in [2.75, 3.05) is 22.9 Å². The van der Waals surface area contributed by atoms with Crippen LogP contribution < -0.4 is 15.1 Å². The van der Waals surface area contributed by atoms with Crippen LogP contribution in [0.25, 0.3) is 10.9 Å². The number of nitro benzene ring substituents is 1. The summed E-state index contributed by atoms with van der Waals surface area (Å²) in [7, 11) is 0. The zero-order chi connectivity index (χ0) is 21.3. The summed E-state index contributed by atoms with van der Waals surface area (Å²) in [6, 6.07) is 12.3. The van der Waals surface area contributed by atoms with Crippen molar-refractivity contribution < 1.29 is 9.72 Å². The molecule has 3 heterocycles. The third kappa shape index (κ3) is 3.63. The monoisotopic (exact) mass is 406 g/mol. The van der Waals surface area contributed by atoms with Gasteiger partial charge in [0.25, 0.3) is 5.69 Å². The molecule has 0 bridgehead atoms. The number of pyridine rings is 1. The summed E-state index contributed by atoms with van der Waals surface area (Å²) in [4.78, 5) is 34.4. The minimum atomic E-state index is -0.420. The Labute approximate surface area is 173 Å². The van der Waals surface area contributed by atoms with Gasteiger partial charge in [0.1, 0.15) is 29.4 Å². The first-order chi connectivity index (χ1) is 14.5. The van der Waals surface area contributed by atoms with Gasteiger partial charge in [-0.2, -0.15) is 0 Å². The van der Waals surface area contributed by atoms with Crippen LogP contribution >= 0.6 is 0 Å². The average Bonchev–Trinajstić information content (AvgIpc) is 3.16. The summed E-state index contributed by atoms with van der Waals surface area (Å²) in [5, 5.41) is 15.2. The topological polar surface area (TPSA) is 107 Å². The smallest absolute Gasteiger partial charge is 0.270 e. The van der Waals surface area contributed by atoms with Crippen molar-refractivity contribution in [3.05, 3.63) is 64.5 Å². The van der Waals surface area contributed by atoms with Crippen LogP contribution in [0.4, 0.5) is 17.3 Å². The highest BCUT2D eigenvalue weighted by Gasteiger charge is 2.35. The highest BCUT2D eigenvalue weighted by molar-refractivity contribution is 5.87. The van der Waals surface area contributed by atoms with Crippen molar-refractivity contribution in [2.24, 2.45) is 0 Å². The van der Waals surface area contributed by atoms with E-state index < -0.39 is 11.1 Å². The number of fused-ring (bicyclic) bond motifs is 1.